The molecule has 3 nitrogen and oxygen atoms in total. The highest BCUT2D eigenvalue weighted by molar-refractivity contribution is 5.20. The van der Waals surface area contributed by atoms with Gasteiger partial charge in [0.25, 0.3) is 0 Å². The second-order valence-corrected chi connectivity index (χ2v) is 5.25. The maximum atomic E-state index is 5.71. The molecule has 0 atom stereocenters. The zero-order chi connectivity index (χ0) is 12.2. The molecule has 1 aromatic rings. The molecule has 0 saturated carbocycles. The number of hydrogen-bond donors (Lipinski definition) is 1. The summed E-state index contributed by atoms with van der Waals surface area (Å²) in [7, 11) is 0. The third-order valence-electron chi connectivity index (χ3n) is 1.92. The van der Waals surface area contributed by atoms with Gasteiger partial charge in [-0.05, 0) is 32.4 Å². The molecule has 0 spiro atoms. The van der Waals surface area contributed by atoms with Gasteiger partial charge in [-0.1, -0.05) is 13.8 Å². The molecule has 16 heavy (non-hydrogen) atoms. The van der Waals surface area contributed by atoms with Gasteiger partial charge >= 0.3 is 0 Å². The van der Waals surface area contributed by atoms with Crippen molar-refractivity contribution in [1.82, 2.24) is 10.3 Å². The summed E-state index contributed by atoms with van der Waals surface area (Å²) in [4.78, 5) is 4.20. The number of nitrogens with zero attached hydrogens (tertiary/aromatic N) is 1. The Morgan fingerprint density at radius 2 is 2.06 bits per heavy atom. The summed E-state index contributed by atoms with van der Waals surface area (Å²) >= 11 is 0. The SMILES string of the molecule is CC(C)NCc1ccnc(OC(C)(C)C)c1. The van der Waals surface area contributed by atoms with E-state index < -0.39 is 0 Å². The molecule has 3 heteroatoms. The fourth-order valence-electron chi connectivity index (χ4n) is 1.25. The van der Waals surface area contributed by atoms with Crippen LogP contribution in [-0.2, 0) is 6.54 Å². The molecule has 0 radical (unpaired) electrons. The highest BCUT2D eigenvalue weighted by atomic mass is 16.5. The van der Waals surface area contributed by atoms with Crippen LogP contribution in [0.5, 0.6) is 5.88 Å². The van der Waals surface area contributed by atoms with Gasteiger partial charge in [-0.15, -0.1) is 0 Å². The second-order valence-electron chi connectivity index (χ2n) is 5.25. The standard InChI is InChI=1S/C13H22N2O/c1-10(2)15-9-11-6-7-14-12(8-11)16-13(3,4)5/h6-8,10,15H,9H2,1-5H3. The lowest BCUT2D eigenvalue weighted by atomic mass is 10.2. The Hall–Kier alpha value is -1.09. The summed E-state index contributed by atoms with van der Waals surface area (Å²) in [6.45, 7) is 11.2. The van der Waals surface area contributed by atoms with Gasteiger partial charge in [0.1, 0.15) is 5.60 Å². The molecule has 1 N–H and O–H groups in total. The van der Waals surface area contributed by atoms with Gasteiger partial charge < -0.3 is 10.1 Å². The number of ether oxygens (including phenoxy) is 1. The number of nitrogens with one attached hydrogen (secondary N) is 1. The lowest BCUT2D eigenvalue weighted by molar-refractivity contribution is 0.124. The zero-order valence-corrected chi connectivity index (χ0v) is 10.9. The van der Waals surface area contributed by atoms with E-state index in [4.69, 9.17) is 4.74 Å². The molecule has 0 unspecified atom stereocenters. The van der Waals surface area contributed by atoms with Gasteiger partial charge in [-0.3, -0.25) is 0 Å². The van der Waals surface area contributed by atoms with E-state index in [0.29, 0.717) is 11.9 Å². The van der Waals surface area contributed by atoms with Crippen molar-refractivity contribution in [3.63, 3.8) is 0 Å². The van der Waals surface area contributed by atoms with Crippen molar-refractivity contribution in [3.8, 4) is 5.88 Å². The van der Waals surface area contributed by atoms with Gasteiger partial charge in [0, 0.05) is 24.8 Å². The topological polar surface area (TPSA) is 34.2 Å². The number of rotatable bonds is 4. The summed E-state index contributed by atoms with van der Waals surface area (Å²) in [5.74, 6) is 0.690. The van der Waals surface area contributed by atoms with E-state index in [9.17, 15) is 0 Å². The van der Waals surface area contributed by atoms with Crippen molar-refractivity contribution >= 4 is 0 Å². The van der Waals surface area contributed by atoms with Crippen LogP contribution in [0.25, 0.3) is 0 Å². The van der Waals surface area contributed by atoms with E-state index in [2.05, 4.69) is 24.1 Å². The van der Waals surface area contributed by atoms with Crippen LogP contribution in [0.1, 0.15) is 40.2 Å². The summed E-state index contributed by atoms with van der Waals surface area (Å²) in [6.07, 6.45) is 1.79. The Morgan fingerprint density at radius 1 is 1.38 bits per heavy atom. The maximum absolute atomic E-state index is 5.71. The fourth-order valence-corrected chi connectivity index (χ4v) is 1.25. The highest BCUT2D eigenvalue weighted by Gasteiger charge is 2.12. The first kappa shape index (κ1) is 13.0. The summed E-state index contributed by atoms with van der Waals surface area (Å²) in [5.41, 5.74) is 1.000. The molecular formula is C13H22N2O. The third kappa shape index (κ3) is 5.12. The van der Waals surface area contributed by atoms with Crippen LogP contribution in [0, 0.1) is 0 Å². The van der Waals surface area contributed by atoms with Crippen LogP contribution >= 0.6 is 0 Å². The third-order valence-corrected chi connectivity index (χ3v) is 1.92. The van der Waals surface area contributed by atoms with E-state index in [1.54, 1.807) is 6.20 Å². The molecular weight excluding hydrogens is 200 g/mol. The average molecular weight is 222 g/mol. The first-order valence-corrected chi connectivity index (χ1v) is 5.74. The Kier molecular flexibility index (Phi) is 4.30. The van der Waals surface area contributed by atoms with Crippen LogP contribution in [0.4, 0.5) is 0 Å². The Bertz CT molecular complexity index is 329. The van der Waals surface area contributed by atoms with Crippen molar-refractivity contribution in [3.05, 3.63) is 23.9 Å². The van der Waals surface area contributed by atoms with Crippen LogP contribution in [0.2, 0.25) is 0 Å². The molecule has 1 heterocycles. The Balaban J connectivity index is 2.64. The predicted molar refractivity (Wildman–Crippen MR) is 66.6 cm³/mol. The van der Waals surface area contributed by atoms with Crippen molar-refractivity contribution in [2.24, 2.45) is 0 Å². The van der Waals surface area contributed by atoms with Crippen molar-refractivity contribution in [1.29, 1.82) is 0 Å². The highest BCUT2D eigenvalue weighted by Crippen LogP contribution is 2.16. The van der Waals surface area contributed by atoms with Gasteiger partial charge in [-0.25, -0.2) is 4.98 Å². The smallest absolute Gasteiger partial charge is 0.214 e. The Morgan fingerprint density at radius 3 is 2.62 bits per heavy atom. The minimum Gasteiger partial charge on any atom is -0.472 e. The molecule has 1 rings (SSSR count). The predicted octanol–water partition coefficient (Wildman–Crippen LogP) is 2.76. The monoisotopic (exact) mass is 222 g/mol. The van der Waals surface area contributed by atoms with E-state index in [-0.39, 0.29) is 5.60 Å². The molecule has 0 aromatic carbocycles. The number of aromatic nitrogens is 1. The van der Waals surface area contributed by atoms with Gasteiger partial charge in [0.15, 0.2) is 0 Å². The average Bonchev–Trinajstić information content (AvgIpc) is 2.12. The maximum Gasteiger partial charge on any atom is 0.214 e. The zero-order valence-electron chi connectivity index (χ0n) is 10.9. The van der Waals surface area contributed by atoms with Crippen molar-refractivity contribution in [2.45, 2.75) is 52.8 Å². The van der Waals surface area contributed by atoms with Crippen LogP contribution in [-0.4, -0.2) is 16.6 Å². The van der Waals surface area contributed by atoms with Crippen molar-refractivity contribution in [2.75, 3.05) is 0 Å². The molecule has 0 aliphatic rings. The lowest BCUT2D eigenvalue weighted by Gasteiger charge is -2.20. The lowest BCUT2D eigenvalue weighted by Crippen LogP contribution is -2.24. The van der Waals surface area contributed by atoms with Gasteiger partial charge in [0.05, 0.1) is 0 Å². The molecule has 0 fully saturated rings. The molecule has 0 aliphatic carbocycles. The first-order chi connectivity index (χ1) is 7.37. The van der Waals surface area contributed by atoms with E-state index in [1.165, 1.54) is 5.56 Å². The van der Waals surface area contributed by atoms with Gasteiger partial charge in [-0.2, -0.15) is 0 Å². The summed E-state index contributed by atoms with van der Waals surface area (Å²) in [5, 5.41) is 3.37. The van der Waals surface area contributed by atoms with E-state index >= 15 is 0 Å². The number of hydrogen-bond acceptors (Lipinski definition) is 3. The van der Waals surface area contributed by atoms with Crippen LogP contribution in [0.3, 0.4) is 0 Å². The van der Waals surface area contributed by atoms with E-state index in [1.807, 2.05) is 32.9 Å². The molecule has 0 aliphatic heterocycles. The normalized spacial score (nSPS) is 11.9. The van der Waals surface area contributed by atoms with Crippen LogP contribution in [0.15, 0.2) is 18.3 Å². The second kappa shape index (κ2) is 5.30. The molecule has 1 aromatic heterocycles. The minimum absolute atomic E-state index is 0.197. The Labute approximate surface area is 98.2 Å². The van der Waals surface area contributed by atoms with Crippen LogP contribution < -0.4 is 10.1 Å². The van der Waals surface area contributed by atoms with Crippen molar-refractivity contribution < 1.29 is 4.74 Å². The molecule has 0 saturated heterocycles. The van der Waals surface area contributed by atoms with Gasteiger partial charge in [0.2, 0.25) is 5.88 Å². The fraction of sp³-hybridized carbons (Fsp3) is 0.615. The molecule has 0 amide bonds. The minimum atomic E-state index is -0.197. The largest absolute Gasteiger partial charge is 0.472 e. The summed E-state index contributed by atoms with van der Waals surface area (Å²) < 4.78 is 5.71. The quantitative estimate of drug-likeness (QED) is 0.850. The molecule has 0 bridgehead atoms. The number of pyridine rings is 1. The summed E-state index contributed by atoms with van der Waals surface area (Å²) in [6, 6.07) is 4.48. The molecule has 90 valence electrons. The first-order valence-electron chi connectivity index (χ1n) is 5.74. The van der Waals surface area contributed by atoms with E-state index in [0.717, 1.165) is 6.54 Å².